The molecule has 54 heavy (non-hydrogen) atoms. The van der Waals surface area contributed by atoms with Crippen LogP contribution in [0.15, 0.2) is 84.9 Å². The highest BCUT2D eigenvalue weighted by Crippen LogP contribution is 2.47. The summed E-state index contributed by atoms with van der Waals surface area (Å²) in [6.07, 6.45) is -14.9. The molecule has 0 saturated carbocycles. The molecule has 3 aromatic heterocycles. The molecule has 0 saturated heterocycles. The first-order valence-corrected chi connectivity index (χ1v) is 16.5. The Hall–Kier alpha value is -5.92. The fourth-order valence-electron chi connectivity index (χ4n) is 7.26. The summed E-state index contributed by atoms with van der Waals surface area (Å²) in [5.74, 6) is 0.437. The van der Waals surface area contributed by atoms with Crippen molar-refractivity contribution in [2.45, 2.75) is 46.2 Å². The minimum absolute atomic E-state index is 0.0193. The molecule has 0 unspecified atom stereocenters. The van der Waals surface area contributed by atoms with Crippen LogP contribution in [-0.4, -0.2) is 24.1 Å². The van der Waals surface area contributed by atoms with Gasteiger partial charge in [0.15, 0.2) is 5.82 Å². The van der Waals surface area contributed by atoms with E-state index in [1.165, 1.54) is 12.1 Å². The van der Waals surface area contributed by atoms with Crippen molar-refractivity contribution in [1.82, 2.24) is 24.1 Å². The van der Waals surface area contributed by atoms with Gasteiger partial charge < -0.3 is 9.13 Å². The van der Waals surface area contributed by atoms with E-state index >= 15 is 13.2 Å². The van der Waals surface area contributed by atoms with Gasteiger partial charge >= 0.3 is 18.5 Å². The minimum Gasteiger partial charge on any atom is -0.308 e. The number of aryl methyl sites for hydroxylation is 4. The molecule has 0 aliphatic heterocycles. The van der Waals surface area contributed by atoms with Crippen molar-refractivity contribution < 1.29 is 39.5 Å². The van der Waals surface area contributed by atoms with E-state index in [1.54, 1.807) is 64.1 Å². The van der Waals surface area contributed by atoms with Crippen molar-refractivity contribution in [3.05, 3.63) is 124 Å². The Morgan fingerprint density at radius 2 is 0.796 bits per heavy atom. The molecule has 0 aliphatic rings. The van der Waals surface area contributed by atoms with Crippen molar-refractivity contribution in [3.8, 4) is 22.8 Å². The predicted molar refractivity (Wildman–Crippen MR) is 188 cm³/mol. The van der Waals surface area contributed by atoms with Crippen molar-refractivity contribution in [1.29, 1.82) is 0 Å². The number of nitrogens with zero attached hydrogens (tertiary/aromatic N) is 5. The zero-order valence-corrected chi connectivity index (χ0v) is 28.7. The van der Waals surface area contributed by atoms with E-state index < -0.39 is 46.6 Å². The first-order chi connectivity index (χ1) is 25.3. The molecular formula is C40H26F9N5. The van der Waals surface area contributed by atoms with Gasteiger partial charge in [-0.2, -0.15) is 39.5 Å². The topological polar surface area (TPSA) is 48.5 Å². The zero-order chi connectivity index (χ0) is 38.6. The second kappa shape index (κ2) is 11.8. The van der Waals surface area contributed by atoms with Crippen LogP contribution in [0.1, 0.15) is 39.5 Å². The lowest BCUT2D eigenvalue weighted by molar-refractivity contribution is -0.138. The van der Waals surface area contributed by atoms with Crippen LogP contribution in [0.4, 0.5) is 39.5 Å². The van der Waals surface area contributed by atoms with Gasteiger partial charge in [-0.25, -0.2) is 15.0 Å². The third kappa shape index (κ3) is 5.71. The quantitative estimate of drug-likeness (QED) is 0.169. The molecule has 0 atom stereocenters. The minimum atomic E-state index is -5.21. The number of rotatable bonds is 3. The van der Waals surface area contributed by atoms with Crippen LogP contribution in [0, 0.1) is 27.7 Å². The summed E-state index contributed by atoms with van der Waals surface area (Å²) in [6.45, 7) is 6.52. The Balaban J connectivity index is 1.63. The molecule has 0 spiro atoms. The van der Waals surface area contributed by atoms with Crippen molar-refractivity contribution >= 4 is 43.6 Å². The summed E-state index contributed by atoms with van der Waals surface area (Å²) in [4.78, 5) is 13.0. The lowest BCUT2D eigenvalue weighted by atomic mass is 10.0. The van der Waals surface area contributed by atoms with E-state index in [4.69, 9.17) is 0 Å². The molecule has 5 nitrogen and oxygen atoms in total. The first-order valence-electron chi connectivity index (χ1n) is 16.5. The van der Waals surface area contributed by atoms with Crippen LogP contribution in [0.25, 0.3) is 66.4 Å². The molecule has 8 rings (SSSR count). The van der Waals surface area contributed by atoms with Crippen LogP contribution in [0.5, 0.6) is 0 Å². The van der Waals surface area contributed by atoms with Gasteiger partial charge in [0.2, 0.25) is 0 Å². The van der Waals surface area contributed by atoms with Crippen LogP contribution in [-0.2, 0) is 18.5 Å². The Morgan fingerprint density at radius 1 is 0.426 bits per heavy atom. The molecule has 0 bridgehead atoms. The third-order valence-corrected chi connectivity index (χ3v) is 9.48. The van der Waals surface area contributed by atoms with Gasteiger partial charge in [0.25, 0.3) is 0 Å². The summed E-state index contributed by atoms with van der Waals surface area (Å²) in [7, 11) is 0. The SMILES string of the molecule is Cc1ccc2c3ccc(C(F)(F)F)cc3n(-c3cc(-c4nc(C)nc(C)n4)cc(-n4c5cc(C)ccc5c5ccc(C(F)(F)F)cc54)c3C(F)(F)F)c2c1. The summed E-state index contributed by atoms with van der Waals surface area (Å²) < 4.78 is 136. The number of benzene rings is 5. The van der Waals surface area contributed by atoms with Gasteiger partial charge in [0.05, 0.1) is 44.6 Å². The average molecular weight is 748 g/mol. The molecule has 0 aliphatic carbocycles. The highest BCUT2D eigenvalue weighted by molar-refractivity contribution is 6.11. The standard InChI is InChI=1S/C40H26F9N5/c1-19-5-9-26-28-11-7-24(38(41,42)43)17-32(28)53(30(26)13-19)34-15-23(37-51-21(3)50-22(4)52-37)16-35(36(34)40(47,48)49)54-31-14-20(2)6-10-27(31)29-12-8-25(18-33(29)54)39(44,45)46/h5-18H,1-4H3. The Labute approximate surface area is 300 Å². The summed E-state index contributed by atoms with van der Waals surface area (Å²) >= 11 is 0. The first kappa shape index (κ1) is 35.1. The van der Waals surface area contributed by atoms with Gasteiger partial charge in [-0.05, 0) is 87.4 Å². The average Bonchev–Trinajstić information content (AvgIpc) is 3.56. The van der Waals surface area contributed by atoms with Crippen molar-refractivity contribution in [2.75, 3.05) is 0 Å². The highest BCUT2D eigenvalue weighted by atomic mass is 19.4. The molecule has 5 aromatic carbocycles. The van der Waals surface area contributed by atoms with E-state index in [0.717, 1.165) is 45.5 Å². The molecule has 0 N–H and O–H groups in total. The third-order valence-electron chi connectivity index (χ3n) is 9.48. The number of hydrogen-bond acceptors (Lipinski definition) is 3. The number of fused-ring (bicyclic) bond motifs is 6. The maximum Gasteiger partial charge on any atom is 0.420 e. The molecule has 3 heterocycles. The van der Waals surface area contributed by atoms with Crippen LogP contribution in [0.2, 0.25) is 0 Å². The van der Waals surface area contributed by atoms with Gasteiger partial charge in [0.1, 0.15) is 17.2 Å². The van der Waals surface area contributed by atoms with E-state index in [9.17, 15) is 26.3 Å². The van der Waals surface area contributed by atoms with Crippen molar-refractivity contribution in [2.24, 2.45) is 0 Å². The van der Waals surface area contributed by atoms with Crippen molar-refractivity contribution in [3.63, 3.8) is 0 Å². The number of hydrogen-bond donors (Lipinski definition) is 0. The number of halogens is 9. The fourth-order valence-corrected chi connectivity index (χ4v) is 7.26. The zero-order valence-electron chi connectivity index (χ0n) is 28.7. The maximum atomic E-state index is 16.0. The number of alkyl halides is 9. The van der Waals surface area contributed by atoms with E-state index in [1.807, 2.05) is 0 Å². The summed E-state index contributed by atoms with van der Waals surface area (Å²) in [6, 6.07) is 17.9. The molecule has 0 fully saturated rings. The Bertz CT molecular complexity index is 2660. The fraction of sp³-hybridized carbons (Fsp3) is 0.175. The van der Waals surface area contributed by atoms with Gasteiger partial charge in [-0.15, -0.1) is 0 Å². The lowest BCUT2D eigenvalue weighted by Crippen LogP contribution is -2.17. The Morgan fingerprint density at radius 3 is 1.17 bits per heavy atom. The normalized spacial score (nSPS) is 12.9. The second-order valence-corrected chi connectivity index (χ2v) is 13.3. The molecular weight excluding hydrogens is 721 g/mol. The second-order valence-electron chi connectivity index (χ2n) is 13.3. The Kier molecular flexibility index (Phi) is 7.67. The monoisotopic (exact) mass is 747 g/mol. The summed E-state index contributed by atoms with van der Waals surface area (Å²) in [5, 5.41) is 1.29. The highest BCUT2D eigenvalue weighted by Gasteiger charge is 2.41. The van der Waals surface area contributed by atoms with Crippen LogP contribution in [0.3, 0.4) is 0 Å². The summed E-state index contributed by atoms with van der Waals surface area (Å²) in [5.41, 5.74) is -3.34. The molecule has 8 aromatic rings. The smallest absolute Gasteiger partial charge is 0.308 e. The van der Waals surface area contributed by atoms with Gasteiger partial charge in [-0.1, -0.05) is 36.4 Å². The van der Waals surface area contributed by atoms with Crippen LogP contribution < -0.4 is 0 Å². The maximum absolute atomic E-state index is 16.0. The molecule has 274 valence electrons. The van der Waals surface area contributed by atoms with Gasteiger partial charge in [-0.3, -0.25) is 0 Å². The number of aromatic nitrogens is 5. The predicted octanol–water partition coefficient (Wildman–Crippen LogP) is 12.0. The van der Waals surface area contributed by atoms with Gasteiger partial charge in [0, 0.05) is 27.1 Å². The van der Waals surface area contributed by atoms with E-state index in [2.05, 4.69) is 15.0 Å². The molecule has 14 heteroatoms. The molecule has 0 amide bonds. The van der Waals surface area contributed by atoms with E-state index in [-0.39, 0.29) is 55.9 Å². The van der Waals surface area contributed by atoms with E-state index in [0.29, 0.717) is 21.9 Å². The largest absolute Gasteiger partial charge is 0.420 e. The molecule has 0 radical (unpaired) electrons. The lowest BCUT2D eigenvalue weighted by Gasteiger charge is -2.23. The van der Waals surface area contributed by atoms with Crippen LogP contribution >= 0.6 is 0 Å².